The first kappa shape index (κ1) is 9.43. The lowest BCUT2D eigenvalue weighted by Gasteiger charge is -2.15. The van der Waals surface area contributed by atoms with Crippen molar-refractivity contribution in [2.45, 2.75) is 30.6 Å². The highest BCUT2D eigenvalue weighted by Crippen LogP contribution is 2.32. The molecule has 1 aliphatic carbocycles. The summed E-state index contributed by atoms with van der Waals surface area (Å²) >= 11 is 0. The third kappa shape index (κ3) is 1.73. The summed E-state index contributed by atoms with van der Waals surface area (Å²) in [6, 6.07) is 0.355. The Morgan fingerprint density at radius 3 is 2.46 bits per heavy atom. The highest BCUT2D eigenvalue weighted by atomic mass is 32.2. The van der Waals surface area contributed by atoms with Crippen LogP contribution in [0.15, 0.2) is 0 Å². The van der Waals surface area contributed by atoms with Crippen molar-refractivity contribution in [1.82, 2.24) is 9.62 Å². The molecule has 5 heteroatoms. The second kappa shape index (κ2) is 3.22. The van der Waals surface area contributed by atoms with E-state index in [9.17, 15) is 8.42 Å². The first-order valence-electron chi connectivity index (χ1n) is 4.81. The van der Waals surface area contributed by atoms with Gasteiger partial charge in [0.2, 0.25) is 10.0 Å². The summed E-state index contributed by atoms with van der Waals surface area (Å²) in [6.45, 7) is 1.36. The van der Waals surface area contributed by atoms with Gasteiger partial charge in [-0.2, -0.15) is 0 Å². The molecule has 2 fully saturated rings. The molecule has 1 saturated carbocycles. The molecule has 0 aromatic carbocycles. The Hall–Kier alpha value is -0.130. The molecule has 0 bridgehead atoms. The van der Waals surface area contributed by atoms with Crippen LogP contribution >= 0.6 is 0 Å². The van der Waals surface area contributed by atoms with Crippen molar-refractivity contribution < 1.29 is 8.42 Å². The van der Waals surface area contributed by atoms with Crippen molar-refractivity contribution in [3.8, 4) is 0 Å². The second-order valence-corrected chi connectivity index (χ2v) is 6.09. The number of hydrogen-bond acceptors (Lipinski definition) is 3. The normalized spacial score (nSPS) is 31.0. The number of nitrogens with one attached hydrogen (secondary N) is 1. The predicted octanol–water partition coefficient (Wildman–Crippen LogP) is -0.228. The molecule has 76 valence electrons. The minimum atomic E-state index is -2.92. The van der Waals surface area contributed by atoms with Gasteiger partial charge in [-0.1, -0.05) is 0 Å². The van der Waals surface area contributed by atoms with Gasteiger partial charge in [-0.15, -0.1) is 0 Å². The first-order chi connectivity index (χ1) is 6.14. The summed E-state index contributed by atoms with van der Waals surface area (Å²) in [5, 5.41) is 3.07. The maximum absolute atomic E-state index is 11.8. The fraction of sp³-hybridized carbons (Fsp3) is 1.00. The molecule has 1 unspecified atom stereocenters. The van der Waals surface area contributed by atoms with Gasteiger partial charge in [0.1, 0.15) is 0 Å². The van der Waals surface area contributed by atoms with Crippen LogP contribution in [0, 0.1) is 0 Å². The topological polar surface area (TPSA) is 49.4 Å². The summed E-state index contributed by atoms with van der Waals surface area (Å²) < 4.78 is 25.2. The zero-order valence-corrected chi connectivity index (χ0v) is 8.68. The van der Waals surface area contributed by atoms with E-state index in [0.29, 0.717) is 19.1 Å². The molecule has 13 heavy (non-hydrogen) atoms. The minimum Gasteiger partial charge on any atom is -0.316 e. The first-order valence-corrected chi connectivity index (χ1v) is 6.31. The molecule has 0 spiro atoms. The molecule has 0 aromatic rings. The standard InChI is InChI=1S/C8H16N2O2S/c1-9-7-4-5-10(6-7)13(11,12)8-2-3-8/h7-9H,2-6H2,1H3. The van der Waals surface area contributed by atoms with E-state index >= 15 is 0 Å². The highest BCUT2D eigenvalue weighted by molar-refractivity contribution is 7.90. The second-order valence-electron chi connectivity index (χ2n) is 3.88. The van der Waals surface area contributed by atoms with E-state index in [-0.39, 0.29) is 5.25 Å². The molecular weight excluding hydrogens is 188 g/mol. The van der Waals surface area contributed by atoms with E-state index in [2.05, 4.69) is 5.32 Å². The summed E-state index contributed by atoms with van der Waals surface area (Å²) in [4.78, 5) is 0. The van der Waals surface area contributed by atoms with Gasteiger partial charge in [0, 0.05) is 19.1 Å². The number of nitrogens with zero attached hydrogens (tertiary/aromatic N) is 1. The molecule has 2 rings (SSSR count). The van der Waals surface area contributed by atoms with Gasteiger partial charge >= 0.3 is 0 Å². The average molecular weight is 204 g/mol. The molecule has 2 aliphatic rings. The third-order valence-electron chi connectivity index (χ3n) is 2.86. The molecular formula is C8H16N2O2S. The average Bonchev–Trinajstić information content (AvgIpc) is 2.84. The van der Waals surface area contributed by atoms with E-state index in [1.54, 1.807) is 4.31 Å². The smallest absolute Gasteiger partial charge is 0.217 e. The molecule has 1 saturated heterocycles. The largest absolute Gasteiger partial charge is 0.316 e. The van der Waals surface area contributed by atoms with Crippen LogP contribution < -0.4 is 5.32 Å². The molecule has 0 radical (unpaired) electrons. The lowest BCUT2D eigenvalue weighted by molar-refractivity contribution is 0.463. The van der Waals surface area contributed by atoms with E-state index < -0.39 is 10.0 Å². The number of likely N-dealkylation sites (N-methyl/N-ethyl adjacent to an activating group) is 1. The van der Waals surface area contributed by atoms with Crippen molar-refractivity contribution in [2.75, 3.05) is 20.1 Å². The van der Waals surface area contributed by atoms with Gasteiger partial charge in [0.15, 0.2) is 0 Å². The Morgan fingerprint density at radius 1 is 1.31 bits per heavy atom. The van der Waals surface area contributed by atoms with Crippen molar-refractivity contribution in [1.29, 1.82) is 0 Å². The Kier molecular flexibility index (Phi) is 2.33. The summed E-state index contributed by atoms with van der Waals surface area (Å²) in [5.74, 6) is 0. The monoisotopic (exact) mass is 204 g/mol. The fourth-order valence-corrected chi connectivity index (χ4v) is 3.67. The van der Waals surface area contributed by atoms with Gasteiger partial charge < -0.3 is 5.32 Å². The Balaban J connectivity index is 2.02. The molecule has 1 N–H and O–H groups in total. The van der Waals surface area contributed by atoms with Crippen LogP contribution in [0.2, 0.25) is 0 Å². The summed E-state index contributed by atoms with van der Waals surface area (Å²) in [7, 11) is -1.03. The lowest BCUT2D eigenvalue weighted by Crippen LogP contribution is -2.35. The molecule has 0 aromatic heterocycles. The quantitative estimate of drug-likeness (QED) is 0.691. The van der Waals surface area contributed by atoms with E-state index in [1.807, 2.05) is 7.05 Å². The van der Waals surface area contributed by atoms with Crippen LogP contribution in [0.1, 0.15) is 19.3 Å². The lowest BCUT2D eigenvalue weighted by atomic mass is 10.3. The summed E-state index contributed by atoms with van der Waals surface area (Å²) in [6.07, 6.45) is 2.68. The SMILES string of the molecule is CNC1CCN(S(=O)(=O)C2CC2)C1. The van der Waals surface area contributed by atoms with E-state index in [0.717, 1.165) is 19.3 Å². The van der Waals surface area contributed by atoms with Gasteiger partial charge in [0.25, 0.3) is 0 Å². The number of sulfonamides is 1. The Labute approximate surface area is 79.4 Å². The predicted molar refractivity (Wildman–Crippen MR) is 51.0 cm³/mol. The zero-order chi connectivity index (χ0) is 9.47. The fourth-order valence-electron chi connectivity index (χ4n) is 1.77. The maximum atomic E-state index is 11.8. The van der Waals surface area contributed by atoms with Crippen molar-refractivity contribution in [3.63, 3.8) is 0 Å². The van der Waals surface area contributed by atoms with Crippen LogP contribution in [0.5, 0.6) is 0 Å². The third-order valence-corrected chi connectivity index (χ3v) is 5.23. The van der Waals surface area contributed by atoms with Crippen LogP contribution in [0.3, 0.4) is 0 Å². The molecule has 1 atom stereocenters. The van der Waals surface area contributed by atoms with Gasteiger partial charge in [0.05, 0.1) is 5.25 Å². The van der Waals surface area contributed by atoms with Crippen LogP contribution in [-0.4, -0.2) is 44.2 Å². The van der Waals surface area contributed by atoms with Gasteiger partial charge in [-0.3, -0.25) is 0 Å². The maximum Gasteiger partial charge on any atom is 0.217 e. The van der Waals surface area contributed by atoms with Crippen LogP contribution in [0.4, 0.5) is 0 Å². The van der Waals surface area contributed by atoms with E-state index in [4.69, 9.17) is 0 Å². The van der Waals surface area contributed by atoms with E-state index in [1.165, 1.54) is 0 Å². The Bertz CT molecular complexity index is 285. The van der Waals surface area contributed by atoms with Crippen LogP contribution in [-0.2, 0) is 10.0 Å². The molecule has 1 heterocycles. The molecule has 4 nitrogen and oxygen atoms in total. The molecule has 1 aliphatic heterocycles. The minimum absolute atomic E-state index is 0.0527. The zero-order valence-electron chi connectivity index (χ0n) is 7.86. The summed E-state index contributed by atoms with van der Waals surface area (Å²) in [5.41, 5.74) is 0. The van der Waals surface area contributed by atoms with Crippen molar-refractivity contribution >= 4 is 10.0 Å². The van der Waals surface area contributed by atoms with Crippen LogP contribution in [0.25, 0.3) is 0 Å². The molecule has 0 amide bonds. The number of rotatable bonds is 3. The van der Waals surface area contributed by atoms with Crippen molar-refractivity contribution in [3.05, 3.63) is 0 Å². The number of hydrogen-bond donors (Lipinski definition) is 1. The highest BCUT2D eigenvalue weighted by Gasteiger charge is 2.42. The van der Waals surface area contributed by atoms with Crippen molar-refractivity contribution in [2.24, 2.45) is 0 Å². The Morgan fingerprint density at radius 2 is 2.00 bits per heavy atom. The van der Waals surface area contributed by atoms with Gasteiger partial charge in [-0.05, 0) is 26.3 Å². The van der Waals surface area contributed by atoms with Gasteiger partial charge in [-0.25, -0.2) is 12.7 Å².